The highest BCUT2D eigenvalue weighted by atomic mass is 35.5. The molecule has 1 aromatic heterocycles. The van der Waals surface area contributed by atoms with Crippen molar-refractivity contribution >= 4 is 23.2 Å². The Morgan fingerprint density at radius 1 is 1.48 bits per heavy atom. The molecular weight excluding hydrogens is 340 g/mol. The molecule has 0 saturated carbocycles. The van der Waals surface area contributed by atoms with Gasteiger partial charge in [0.25, 0.3) is 0 Å². The molecule has 1 fully saturated rings. The largest absolute Gasteiger partial charge is 0.495 e. The lowest BCUT2D eigenvalue weighted by Crippen LogP contribution is -2.50. The molecule has 0 bridgehead atoms. The highest BCUT2D eigenvalue weighted by Crippen LogP contribution is 2.28. The third-order valence-electron chi connectivity index (χ3n) is 4.22. The Bertz CT molecular complexity index is 726. The lowest BCUT2D eigenvalue weighted by Gasteiger charge is -2.36. The van der Waals surface area contributed by atoms with Crippen LogP contribution in [0.3, 0.4) is 0 Å². The molecular formula is C18H21ClN4O2. The number of rotatable bonds is 5. The van der Waals surface area contributed by atoms with Gasteiger partial charge in [-0.05, 0) is 29.8 Å². The predicted octanol–water partition coefficient (Wildman–Crippen LogP) is 2.33. The average Bonchev–Trinajstić information content (AvgIpc) is 2.67. The highest BCUT2D eigenvalue weighted by molar-refractivity contribution is 6.30. The van der Waals surface area contributed by atoms with Crippen molar-refractivity contribution in [3.05, 3.63) is 53.3 Å². The van der Waals surface area contributed by atoms with Crippen molar-refractivity contribution in [1.29, 1.82) is 0 Å². The molecule has 132 valence electrons. The van der Waals surface area contributed by atoms with Crippen LogP contribution in [0.15, 0.2) is 42.7 Å². The Morgan fingerprint density at radius 3 is 3.12 bits per heavy atom. The smallest absolute Gasteiger partial charge is 0.242 e. The summed E-state index contributed by atoms with van der Waals surface area (Å²) in [6, 6.07) is 9.16. The van der Waals surface area contributed by atoms with Gasteiger partial charge in [-0.3, -0.25) is 9.78 Å². The molecule has 0 aliphatic carbocycles. The number of nitrogens with zero attached hydrogens (tertiary/aromatic N) is 2. The fraction of sp³-hybridized carbons (Fsp3) is 0.333. The first kappa shape index (κ1) is 17.5. The number of aromatic nitrogens is 1. The van der Waals surface area contributed by atoms with Crippen molar-refractivity contribution in [3.8, 4) is 5.75 Å². The van der Waals surface area contributed by atoms with Crippen LogP contribution in [0, 0.1) is 0 Å². The number of anilines is 1. The Kier molecular flexibility index (Phi) is 5.73. The molecule has 2 N–H and O–H groups in total. The summed E-state index contributed by atoms with van der Waals surface area (Å²) in [4.78, 5) is 18.8. The summed E-state index contributed by atoms with van der Waals surface area (Å²) in [6.45, 7) is 2.33. The van der Waals surface area contributed by atoms with Crippen LogP contribution in [0.4, 0.5) is 5.69 Å². The van der Waals surface area contributed by atoms with E-state index in [0.717, 1.165) is 18.7 Å². The second kappa shape index (κ2) is 8.18. The minimum absolute atomic E-state index is 0.0157. The Labute approximate surface area is 152 Å². The molecule has 1 atom stereocenters. The lowest BCUT2D eigenvalue weighted by atomic mass is 10.1. The molecule has 6 nitrogen and oxygen atoms in total. The molecule has 1 saturated heterocycles. The molecule has 1 unspecified atom stereocenters. The van der Waals surface area contributed by atoms with E-state index in [9.17, 15) is 4.79 Å². The van der Waals surface area contributed by atoms with Crippen molar-refractivity contribution in [2.45, 2.75) is 6.04 Å². The standard InChI is InChI=1S/C18H21ClN4O2/c1-25-17-5-4-14(19)9-15(17)22-12-18(24)23-8-7-21-11-16(23)13-3-2-6-20-10-13/h2-6,9-10,16,21-22H,7-8,11-12H2,1H3. The predicted molar refractivity (Wildman–Crippen MR) is 98.1 cm³/mol. The van der Waals surface area contributed by atoms with Crippen LogP contribution in [0.2, 0.25) is 5.02 Å². The monoisotopic (exact) mass is 360 g/mol. The molecule has 1 amide bonds. The summed E-state index contributed by atoms with van der Waals surface area (Å²) >= 11 is 6.03. The third-order valence-corrected chi connectivity index (χ3v) is 4.46. The van der Waals surface area contributed by atoms with Crippen molar-refractivity contribution in [2.75, 3.05) is 38.6 Å². The number of benzene rings is 1. The number of pyridine rings is 1. The Balaban J connectivity index is 1.70. The van der Waals surface area contributed by atoms with E-state index < -0.39 is 0 Å². The topological polar surface area (TPSA) is 66.5 Å². The number of methoxy groups -OCH3 is 1. The summed E-state index contributed by atoms with van der Waals surface area (Å²) in [5.41, 5.74) is 1.74. The molecule has 7 heteroatoms. The Hall–Kier alpha value is -2.31. The van der Waals surface area contributed by atoms with E-state index in [1.54, 1.807) is 31.5 Å². The zero-order valence-corrected chi connectivity index (χ0v) is 14.8. The minimum Gasteiger partial charge on any atom is -0.495 e. The van der Waals surface area contributed by atoms with Gasteiger partial charge in [-0.2, -0.15) is 0 Å². The highest BCUT2D eigenvalue weighted by Gasteiger charge is 2.27. The summed E-state index contributed by atoms with van der Waals surface area (Å²) in [6.07, 6.45) is 3.55. The normalized spacial score (nSPS) is 17.2. The van der Waals surface area contributed by atoms with Crippen LogP contribution in [0.25, 0.3) is 0 Å². The van der Waals surface area contributed by atoms with E-state index in [2.05, 4.69) is 15.6 Å². The van der Waals surface area contributed by atoms with Crippen molar-refractivity contribution < 1.29 is 9.53 Å². The summed E-state index contributed by atoms with van der Waals surface area (Å²) in [7, 11) is 1.59. The molecule has 1 aromatic carbocycles. The molecule has 2 aromatic rings. The van der Waals surface area contributed by atoms with Crippen molar-refractivity contribution in [3.63, 3.8) is 0 Å². The number of ether oxygens (including phenoxy) is 1. The fourth-order valence-corrected chi connectivity index (χ4v) is 3.14. The number of hydrogen-bond acceptors (Lipinski definition) is 5. The number of carbonyl (C=O) groups excluding carboxylic acids is 1. The number of piperazine rings is 1. The summed E-state index contributed by atoms with van der Waals surface area (Å²) in [5.74, 6) is 0.679. The number of hydrogen-bond donors (Lipinski definition) is 2. The third kappa shape index (κ3) is 4.21. The van der Waals surface area contributed by atoms with Crippen LogP contribution in [-0.4, -0.2) is 49.1 Å². The zero-order chi connectivity index (χ0) is 17.6. The average molecular weight is 361 g/mol. The van der Waals surface area contributed by atoms with E-state index in [1.807, 2.05) is 23.2 Å². The van der Waals surface area contributed by atoms with Crippen LogP contribution >= 0.6 is 11.6 Å². The van der Waals surface area contributed by atoms with Crippen molar-refractivity contribution in [2.24, 2.45) is 0 Å². The van der Waals surface area contributed by atoms with Gasteiger partial charge >= 0.3 is 0 Å². The van der Waals surface area contributed by atoms with Gasteiger partial charge in [0.05, 0.1) is 25.4 Å². The van der Waals surface area contributed by atoms with Crippen LogP contribution in [0.1, 0.15) is 11.6 Å². The second-order valence-corrected chi connectivity index (χ2v) is 6.23. The zero-order valence-electron chi connectivity index (χ0n) is 14.0. The maximum atomic E-state index is 12.8. The quantitative estimate of drug-likeness (QED) is 0.856. The van der Waals surface area contributed by atoms with E-state index in [0.29, 0.717) is 23.0 Å². The van der Waals surface area contributed by atoms with Crippen LogP contribution in [-0.2, 0) is 4.79 Å². The first-order chi connectivity index (χ1) is 12.2. The number of nitrogens with one attached hydrogen (secondary N) is 2. The van der Waals surface area contributed by atoms with Gasteiger partial charge in [0.15, 0.2) is 0 Å². The SMILES string of the molecule is COc1ccc(Cl)cc1NCC(=O)N1CCNCC1c1cccnc1. The van der Waals surface area contributed by atoms with E-state index in [4.69, 9.17) is 16.3 Å². The van der Waals surface area contributed by atoms with Gasteiger partial charge in [0.2, 0.25) is 5.91 Å². The number of halogens is 1. The molecule has 2 heterocycles. The summed E-state index contributed by atoms with van der Waals surface area (Å²) in [5, 5.41) is 7.06. The molecule has 1 aliphatic heterocycles. The first-order valence-electron chi connectivity index (χ1n) is 8.16. The van der Waals surface area contributed by atoms with Crippen molar-refractivity contribution in [1.82, 2.24) is 15.2 Å². The molecule has 0 radical (unpaired) electrons. The van der Waals surface area contributed by atoms with E-state index in [-0.39, 0.29) is 18.5 Å². The molecule has 1 aliphatic rings. The minimum atomic E-state index is -0.0157. The second-order valence-electron chi connectivity index (χ2n) is 5.79. The van der Waals surface area contributed by atoms with Gasteiger partial charge in [-0.15, -0.1) is 0 Å². The van der Waals surface area contributed by atoms with E-state index >= 15 is 0 Å². The molecule has 3 rings (SSSR count). The fourth-order valence-electron chi connectivity index (χ4n) is 2.96. The number of carbonyl (C=O) groups is 1. The molecule has 0 spiro atoms. The van der Waals surface area contributed by atoms with Crippen LogP contribution in [0.5, 0.6) is 5.75 Å². The number of amides is 1. The van der Waals surface area contributed by atoms with Gasteiger partial charge in [-0.1, -0.05) is 17.7 Å². The van der Waals surface area contributed by atoms with Gasteiger partial charge < -0.3 is 20.3 Å². The van der Waals surface area contributed by atoms with Crippen LogP contribution < -0.4 is 15.4 Å². The van der Waals surface area contributed by atoms with Gasteiger partial charge in [0.1, 0.15) is 5.75 Å². The molecule has 25 heavy (non-hydrogen) atoms. The van der Waals surface area contributed by atoms with E-state index in [1.165, 1.54) is 0 Å². The van der Waals surface area contributed by atoms with Gasteiger partial charge in [-0.25, -0.2) is 0 Å². The maximum absolute atomic E-state index is 12.8. The summed E-state index contributed by atoms with van der Waals surface area (Å²) < 4.78 is 5.30. The first-order valence-corrected chi connectivity index (χ1v) is 8.54. The lowest BCUT2D eigenvalue weighted by molar-refractivity contribution is -0.132. The maximum Gasteiger partial charge on any atom is 0.242 e. The van der Waals surface area contributed by atoms with Gasteiger partial charge in [0, 0.05) is 37.1 Å². The Morgan fingerprint density at radius 2 is 2.36 bits per heavy atom.